The number of nitrogens with zero attached hydrogens (tertiary/aromatic N) is 1. The van der Waals surface area contributed by atoms with E-state index in [2.05, 4.69) is 15.9 Å². The highest BCUT2D eigenvalue weighted by Gasteiger charge is 2.35. The summed E-state index contributed by atoms with van der Waals surface area (Å²) in [6.45, 7) is 2.65. The number of likely N-dealkylation sites (tertiary alicyclic amines) is 1. The van der Waals surface area contributed by atoms with Gasteiger partial charge < -0.3 is 15.4 Å². The lowest BCUT2D eigenvalue weighted by Crippen LogP contribution is -2.48. The Balaban J connectivity index is 2.44. The van der Waals surface area contributed by atoms with Gasteiger partial charge in [-0.25, -0.2) is 0 Å². The van der Waals surface area contributed by atoms with Crippen LogP contribution in [0, 0.1) is 0 Å². The number of hydrogen-bond donors (Lipinski definition) is 1. The fourth-order valence-corrected chi connectivity index (χ4v) is 3.11. The molecule has 1 amide bonds. The SMILES string of the molecule is CCN1C(=O)CCC(N)C1c1cc(OC)ccc1Br. The minimum atomic E-state index is -0.0873. The third-order valence-electron chi connectivity index (χ3n) is 3.62. The van der Waals surface area contributed by atoms with Crippen LogP contribution in [0.4, 0.5) is 0 Å². The first kappa shape index (κ1) is 14.3. The van der Waals surface area contributed by atoms with E-state index in [1.165, 1.54) is 0 Å². The lowest BCUT2D eigenvalue weighted by molar-refractivity contribution is -0.137. The summed E-state index contributed by atoms with van der Waals surface area (Å²) in [5.41, 5.74) is 7.26. The highest BCUT2D eigenvalue weighted by molar-refractivity contribution is 9.10. The molecule has 2 unspecified atom stereocenters. The predicted octanol–water partition coefficient (Wildman–Crippen LogP) is 2.47. The Labute approximate surface area is 122 Å². The number of piperidine rings is 1. The van der Waals surface area contributed by atoms with Crippen molar-refractivity contribution in [1.29, 1.82) is 0 Å². The number of carbonyl (C=O) groups is 1. The zero-order valence-corrected chi connectivity index (χ0v) is 12.8. The highest BCUT2D eigenvalue weighted by atomic mass is 79.9. The molecule has 0 spiro atoms. The van der Waals surface area contributed by atoms with Crippen molar-refractivity contribution in [3.05, 3.63) is 28.2 Å². The van der Waals surface area contributed by atoms with Crippen LogP contribution in [-0.4, -0.2) is 30.5 Å². The molecule has 1 fully saturated rings. The van der Waals surface area contributed by atoms with Crippen molar-refractivity contribution in [2.75, 3.05) is 13.7 Å². The summed E-state index contributed by atoms with van der Waals surface area (Å²) in [5.74, 6) is 0.948. The summed E-state index contributed by atoms with van der Waals surface area (Å²) >= 11 is 3.55. The van der Waals surface area contributed by atoms with Gasteiger partial charge in [0.15, 0.2) is 0 Å². The second-order valence-corrected chi connectivity index (χ2v) is 5.57. The number of halogens is 1. The molecule has 104 valence electrons. The summed E-state index contributed by atoms with van der Waals surface area (Å²) in [7, 11) is 1.64. The smallest absolute Gasteiger partial charge is 0.223 e. The van der Waals surface area contributed by atoms with Gasteiger partial charge in [0.2, 0.25) is 5.91 Å². The lowest BCUT2D eigenvalue weighted by Gasteiger charge is -2.39. The maximum atomic E-state index is 12.0. The number of rotatable bonds is 3. The third-order valence-corrected chi connectivity index (χ3v) is 4.34. The van der Waals surface area contributed by atoms with E-state index >= 15 is 0 Å². The van der Waals surface area contributed by atoms with Crippen LogP contribution in [0.15, 0.2) is 22.7 Å². The zero-order chi connectivity index (χ0) is 14.0. The van der Waals surface area contributed by atoms with Crippen LogP contribution in [0.2, 0.25) is 0 Å². The lowest BCUT2D eigenvalue weighted by atomic mass is 9.90. The van der Waals surface area contributed by atoms with Crippen molar-refractivity contribution in [2.24, 2.45) is 5.73 Å². The van der Waals surface area contributed by atoms with Gasteiger partial charge in [-0.2, -0.15) is 0 Å². The molecule has 0 bridgehead atoms. The Bertz CT molecular complexity index is 479. The second-order valence-electron chi connectivity index (χ2n) is 4.71. The molecule has 0 aromatic heterocycles. The molecular formula is C14H19BrN2O2. The minimum absolute atomic E-state index is 0.0407. The fourth-order valence-electron chi connectivity index (χ4n) is 2.62. The summed E-state index contributed by atoms with van der Waals surface area (Å²) in [4.78, 5) is 13.9. The van der Waals surface area contributed by atoms with Crippen molar-refractivity contribution in [3.8, 4) is 5.75 Å². The third kappa shape index (κ3) is 2.77. The zero-order valence-electron chi connectivity index (χ0n) is 11.2. The minimum Gasteiger partial charge on any atom is -0.497 e. The average molecular weight is 327 g/mol. The monoisotopic (exact) mass is 326 g/mol. The molecule has 1 saturated heterocycles. The van der Waals surface area contributed by atoms with Crippen molar-refractivity contribution in [1.82, 2.24) is 4.90 Å². The van der Waals surface area contributed by atoms with E-state index < -0.39 is 0 Å². The van der Waals surface area contributed by atoms with Crippen LogP contribution >= 0.6 is 15.9 Å². The quantitative estimate of drug-likeness (QED) is 0.928. The van der Waals surface area contributed by atoms with Gasteiger partial charge >= 0.3 is 0 Å². The molecule has 19 heavy (non-hydrogen) atoms. The Morgan fingerprint density at radius 2 is 2.26 bits per heavy atom. The molecule has 1 aliphatic rings. The molecule has 1 aromatic rings. The van der Waals surface area contributed by atoms with Crippen molar-refractivity contribution in [2.45, 2.75) is 31.8 Å². The standard InChI is InChI=1S/C14H19BrN2O2/c1-3-17-13(18)7-6-12(16)14(17)10-8-9(19-2)4-5-11(10)15/h4-5,8,12,14H,3,6-7,16H2,1-2H3. The molecule has 5 heteroatoms. The normalized spacial score (nSPS) is 23.6. The molecular weight excluding hydrogens is 308 g/mol. The van der Waals surface area contributed by atoms with Gasteiger partial charge in [0, 0.05) is 23.5 Å². The molecule has 2 rings (SSSR count). The van der Waals surface area contributed by atoms with E-state index in [0.717, 1.165) is 22.2 Å². The van der Waals surface area contributed by atoms with Gasteiger partial charge in [-0.15, -0.1) is 0 Å². The molecule has 0 saturated carbocycles. The van der Waals surface area contributed by atoms with Crippen LogP contribution in [0.3, 0.4) is 0 Å². The van der Waals surface area contributed by atoms with Gasteiger partial charge in [0.25, 0.3) is 0 Å². The fraction of sp³-hybridized carbons (Fsp3) is 0.500. The number of hydrogen-bond acceptors (Lipinski definition) is 3. The second kappa shape index (κ2) is 5.92. The Morgan fingerprint density at radius 1 is 1.53 bits per heavy atom. The summed E-state index contributed by atoms with van der Waals surface area (Å²) in [6.07, 6.45) is 1.26. The molecule has 2 N–H and O–H groups in total. The maximum Gasteiger partial charge on any atom is 0.223 e. The van der Waals surface area contributed by atoms with Crippen LogP contribution in [0.1, 0.15) is 31.4 Å². The van der Waals surface area contributed by atoms with E-state index in [-0.39, 0.29) is 18.0 Å². The number of carbonyl (C=O) groups excluding carboxylic acids is 1. The molecule has 0 aliphatic carbocycles. The molecule has 1 aliphatic heterocycles. The van der Waals surface area contributed by atoms with Crippen LogP contribution in [-0.2, 0) is 4.79 Å². The topological polar surface area (TPSA) is 55.6 Å². The van der Waals surface area contributed by atoms with E-state index in [1.54, 1.807) is 7.11 Å². The summed E-state index contributed by atoms with van der Waals surface area (Å²) in [6, 6.07) is 5.65. The first-order valence-electron chi connectivity index (χ1n) is 6.47. The predicted molar refractivity (Wildman–Crippen MR) is 78.0 cm³/mol. The number of nitrogens with two attached hydrogens (primary N) is 1. The number of benzene rings is 1. The number of ether oxygens (including phenoxy) is 1. The van der Waals surface area contributed by atoms with Gasteiger partial charge in [0.1, 0.15) is 5.75 Å². The molecule has 4 nitrogen and oxygen atoms in total. The largest absolute Gasteiger partial charge is 0.497 e. The first-order chi connectivity index (χ1) is 9.08. The van der Waals surface area contributed by atoms with Crippen molar-refractivity contribution < 1.29 is 9.53 Å². The van der Waals surface area contributed by atoms with Gasteiger partial charge in [-0.1, -0.05) is 15.9 Å². The van der Waals surface area contributed by atoms with Crippen LogP contribution in [0.25, 0.3) is 0 Å². The highest BCUT2D eigenvalue weighted by Crippen LogP contribution is 2.36. The molecule has 2 atom stereocenters. The molecule has 0 radical (unpaired) electrons. The maximum absolute atomic E-state index is 12.0. The van der Waals surface area contributed by atoms with Gasteiger partial charge in [-0.05, 0) is 37.1 Å². The van der Waals surface area contributed by atoms with Gasteiger partial charge in [0.05, 0.1) is 13.2 Å². The van der Waals surface area contributed by atoms with Gasteiger partial charge in [-0.3, -0.25) is 4.79 Å². The Morgan fingerprint density at radius 3 is 2.89 bits per heavy atom. The van der Waals surface area contributed by atoms with Crippen LogP contribution < -0.4 is 10.5 Å². The Hall–Kier alpha value is -1.07. The first-order valence-corrected chi connectivity index (χ1v) is 7.26. The van der Waals surface area contributed by atoms with Crippen LogP contribution in [0.5, 0.6) is 5.75 Å². The van der Waals surface area contributed by atoms with E-state index in [1.807, 2.05) is 30.0 Å². The molecule has 1 aromatic carbocycles. The summed E-state index contributed by atoms with van der Waals surface area (Å²) in [5, 5.41) is 0. The molecule has 1 heterocycles. The Kier molecular flexibility index (Phi) is 4.47. The number of methoxy groups -OCH3 is 1. The van der Waals surface area contributed by atoms with E-state index in [0.29, 0.717) is 13.0 Å². The number of amides is 1. The van der Waals surface area contributed by atoms with E-state index in [4.69, 9.17) is 10.5 Å². The number of likely N-dealkylation sites (N-methyl/N-ethyl adjacent to an activating group) is 1. The summed E-state index contributed by atoms with van der Waals surface area (Å²) < 4.78 is 6.23. The van der Waals surface area contributed by atoms with E-state index in [9.17, 15) is 4.79 Å². The van der Waals surface area contributed by atoms with Crippen molar-refractivity contribution in [3.63, 3.8) is 0 Å². The van der Waals surface area contributed by atoms with Crippen molar-refractivity contribution >= 4 is 21.8 Å². The average Bonchev–Trinajstić information content (AvgIpc) is 2.42.